The first-order chi connectivity index (χ1) is 15.5. The highest BCUT2D eigenvalue weighted by atomic mass is 19.4. The second-order valence-electron chi connectivity index (χ2n) is 8.31. The maximum atomic E-state index is 12.3. The number of fused-ring (bicyclic) bond motifs is 1. The number of alkyl halides is 3. The number of rotatable bonds is 6. The summed E-state index contributed by atoms with van der Waals surface area (Å²) in [6.45, 7) is 7.73. The lowest BCUT2D eigenvalue weighted by Gasteiger charge is -2.37. The summed E-state index contributed by atoms with van der Waals surface area (Å²) in [5, 5.41) is 17.4. The van der Waals surface area contributed by atoms with Crippen molar-refractivity contribution in [2.24, 2.45) is 5.10 Å². The number of aromatic nitrogens is 2. The van der Waals surface area contributed by atoms with Crippen LogP contribution in [0.4, 0.5) is 19.0 Å². The molecule has 1 fully saturated rings. The molecule has 10 nitrogen and oxygen atoms in total. The summed E-state index contributed by atoms with van der Waals surface area (Å²) in [6, 6.07) is 5.88. The summed E-state index contributed by atoms with van der Waals surface area (Å²) in [6.07, 6.45) is -3.33. The Balaban J connectivity index is 1.28. The Morgan fingerprint density at radius 1 is 1.27 bits per heavy atom. The zero-order valence-electron chi connectivity index (χ0n) is 18.1. The van der Waals surface area contributed by atoms with Crippen molar-refractivity contribution in [1.82, 2.24) is 19.5 Å². The normalized spacial score (nSPS) is 21.6. The zero-order valence-corrected chi connectivity index (χ0v) is 18.1. The number of hydrogen-bond donors (Lipinski definition) is 0. The molecule has 3 heterocycles. The van der Waals surface area contributed by atoms with Gasteiger partial charge in [0.05, 0.1) is 12.3 Å². The van der Waals surface area contributed by atoms with Crippen molar-refractivity contribution in [3.05, 3.63) is 46.1 Å². The molecule has 0 unspecified atom stereocenters. The van der Waals surface area contributed by atoms with Gasteiger partial charge in [0, 0.05) is 37.7 Å². The van der Waals surface area contributed by atoms with E-state index in [1.54, 1.807) is 23.6 Å². The topological polar surface area (TPSA) is 98.3 Å². The number of benzene rings is 1. The second-order valence-corrected chi connectivity index (χ2v) is 8.31. The largest absolute Gasteiger partial charge is 0.573 e. The van der Waals surface area contributed by atoms with E-state index in [4.69, 9.17) is 4.74 Å². The molecule has 33 heavy (non-hydrogen) atoms. The first-order valence-electron chi connectivity index (χ1n) is 10.3. The summed E-state index contributed by atoms with van der Waals surface area (Å²) in [5.74, 6) is -0.497. The van der Waals surface area contributed by atoms with E-state index in [0.717, 1.165) is 13.1 Å². The Kier molecular flexibility index (Phi) is 5.91. The van der Waals surface area contributed by atoms with E-state index in [2.05, 4.69) is 19.7 Å². The molecule has 2 aliphatic rings. The summed E-state index contributed by atoms with van der Waals surface area (Å²) < 4.78 is 48.3. The summed E-state index contributed by atoms with van der Waals surface area (Å²) in [4.78, 5) is 16.5. The van der Waals surface area contributed by atoms with E-state index in [1.807, 2.05) is 11.9 Å². The Morgan fingerprint density at radius 3 is 2.52 bits per heavy atom. The van der Waals surface area contributed by atoms with Gasteiger partial charge in [-0.25, -0.2) is 0 Å². The quantitative estimate of drug-likeness (QED) is 0.365. The first kappa shape index (κ1) is 22.8. The van der Waals surface area contributed by atoms with Crippen molar-refractivity contribution < 1.29 is 27.6 Å². The van der Waals surface area contributed by atoms with E-state index in [1.165, 1.54) is 18.3 Å². The van der Waals surface area contributed by atoms with Crippen molar-refractivity contribution in [3.63, 3.8) is 0 Å². The lowest BCUT2D eigenvalue weighted by molar-refractivity contribution is -0.389. The highest BCUT2D eigenvalue weighted by Gasteiger charge is 2.41. The number of halogens is 3. The fraction of sp³-hybridized carbons (Fsp3) is 0.500. The maximum Gasteiger partial charge on any atom is 0.573 e. The molecule has 2 aromatic rings. The number of nitrogens with zero attached hydrogens (tertiary/aromatic N) is 6. The van der Waals surface area contributed by atoms with E-state index in [0.29, 0.717) is 37.5 Å². The molecule has 0 aliphatic carbocycles. The van der Waals surface area contributed by atoms with Crippen LogP contribution in [0.15, 0.2) is 35.6 Å². The Morgan fingerprint density at radius 2 is 1.94 bits per heavy atom. The molecule has 2 aliphatic heterocycles. The molecule has 1 saturated heterocycles. The van der Waals surface area contributed by atoms with E-state index in [9.17, 15) is 23.3 Å². The van der Waals surface area contributed by atoms with E-state index in [-0.39, 0.29) is 17.6 Å². The minimum absolute atomic E-state index is 0.226. The Bertz CT molecular complexity index is 1020. The van der Waals surface area contributed by atoms with Gasteiger partial charge in [0.25, 0.3) is 0 Å². The van der Waals surface area contributed by atoms with Crippen molar-refractivity contribution in [1.29, 1.82) is 0 Å². The minimum atomic E-state index is -4.72. The number of nitro groups is 1. The number of hydrazone groups is 1. The smallest absolute Gasteiger partial charge is 0.436 e. The molecular weight excluding hydrogens is 445 g/mol. The van der Waals surface area contributed by atoms with Crippen LogP contribution in [0.5, 0.6) is 11.8 Å². The van der Waals surface area contributed by atoms with Gasteiger partial charge in [-0.3, -0.25) is 14.5 Å². The number of imidazole rings is 1. The van der Waals surface area contributed by atoms with Crippen LogP contribution >= 0.6 is 0 Å². The second kappa shape index (κ2) is 8.54. The highest BCUT2D eigenvalue weighted by Crippen LogP contribution is 2.31. The summed E-state index contributed by atoms with van der Waals surface area (Å²) in [5.41, 5.74) is 0.876. The maximum absolute atomic E-state index is 12.3. The molecule has 178 valence electrons. The van der Waals surface area contributed by atoms with Gasteiger partial charge in [-0.2, -0.15) is 5.10 Å². The molecule has 0 radical (unpaired) electrons. The number of hydrogen-bond acceptors (Lipinski definition) is 8. The zero-order chi connectivity index (χ0) is 23.8. The third kappa shape index (κ3) is 5.53. The third-order valence-electron chi connectivity index (χ3n) is 5.46. The molecule has 0 saturated carbocycles. The van der Waals surface area contributed by atoms with Crippen molar-refractivity contribution in [3.8, 4) is 11.8 Å². The SMILES string of the molecule is C/C(=N\N1CCN(C[C@@]2(C)Cn3cc([N+](=O)[O-])nc3O2)CC1)c1ccc(OC(F)(F)F)cc1. The van der Waals surface area contributed by atoms with Crippen LogP contribution in [-0.2, 0) is 6.54 Å². The average molecular weight is 468 g/mol. The van der Waals surface area contributed by atoms with Gasteiger partial charge < -0.3 is 19.6 Å². The van der Waals surface area contributed by atoms with Gasteiger partial charge >= 0.3 is 18.2 Å². The molecule has 1 atom stereocenters. The summed E-state index contributed by atoms with van der Waals surface area (Å²) >= 11 is 0. The van der Waals surface area contributed by atoms with Crippen LogP contribution in [0.3, 0.4) is 0 Å². The van der Waals surface area contributed by atoms with Crippen molar-refractivity contribution in [2.75, 3.05) is 32.7 Å². The molecule has 0 N–H and O–H groups in total. The van der Waals surface area contributed by atoms with Crippen LogP contribution in [0.2, 0.25) is 0 Å². The molecule has 0 spiro atoms. The molecule has 0 amide bonds. The van der Waals surface area contributed by atoms with Crippen LogP contribution in [0.1, 0.15) is 19.4 Å². The molecule has 13 heteroatoms. The van der Waals surface area contributed by atoms with Crippen LogP contribution < -0.4 is 9.47 Å². The molecule has 1 aromatic carbocycles. The predicted molar refractivity (Wildman–Crippen MR) is 111 cm³/mol. The fourth-order valence-corrected chi connectivity index (χ4v) is 4.00. The molecule has 1 aromatic heterocycles. The van der Waals surface area contributed by atoms with Gasteiger partial charge in [-0.1, -0.05) is 0 Å². The highest BCUT2D eigenvalue weighted by molar-refractivity contribution is 5.98. The monoisotopic (exact) mass is 468 g/mol. The van der Waals surface area contributed by atoms with Gasteiger partial charge in [0.2, 0.25) is 0 Å². The third-order valence-corrected chi connectivity index (χ3v) is 5.46. The van der Waals surface area contributed by atoms with Crippen LogP contribution in [0.25, 0.3) is 0 Å². The van der Waals surface area contributed by atoms with E-state index >= 15 is 0 Å². The van der Waals surface area contributed by atoms with Crippen molar-refractivity contribution >= 4 is 11.5 Å². The van der Waals surface area contributed by atoms with Gasteiger partial charge in [0.15, 0.2) is 0 Å². The standard InChI is InChI=1S/C20H23F3N6O4/c1-14(15-3-5-16(6-4-15)32-20(21,22)23)25-28-9-7-26(8-10-28)12-19(2)13-27-11-17(29(30)31)24-18(27)33-19/h3-6,11H,7-10,12-13H2,1-2H3/b25-14+/t19-/m0/s1. The van der Waals surface area contributed by atoms with Gasteiger partial charge in [0.1, 0.15) is 17.5 Å². The van der Waals surface area contributed by atoms with E-state index < -0.39 is 16.9 Å². The van der Waals surface area contributed by atoms with Gasteiger partial charge in [-0.05, 0) is 48.6 Å². The number of piperazine rings is 1. The predicted octanol–water partition coefficient (Wildman–Crippen LogP) is 2.88. The average Bonchev–Trinajstić information content (AvgIpc) is 3.24. The minimum Gasteiger partial charge on any atom is -0.436 e. The van der Waals surface area contributed by atoms with Crippen LogP contribution in [0, 0.1) is 10.1 Å². The Hall–Kier alpha value is -3.35. The Labute approximate surface area is 187 Å². The molecule has 0 bridgehead atoms. The fourth-order valence-electron chi connectivity index (χ4n) is 4.00. The number of ether oxygens (including phenoxy) is 2. The van der Waals surface area contributed by atoms with Gasteiger partial charge in [-0.15, -0.1) is 13.2 Å². The first-order valence-corrected chi connectivity index (χ1v) is 10.3. The van der Waals surface area contributed by atoms with Crippen molar-refractivity contribution in [2.45, 2.75) is 32.4 Å². The lowest BCUT2D eigenvalue weighted by Crippen LogP contribution is -2.51. The lowest BCUT2D eigenvalue weighted by atomic mass is 10.1. The van der Waals surface area contributed by atoms with Crippen LogP contribution in [-0.4, -0.2) is 74.8 Å². The molecular formula is C20H23F3N6O4. The molecule has 4 rings (SSSR count). The summed E-state index contributed by atoms with van der Waals surface area (Å²) in [7, 11) is 0.